The number of anilines is 1. The minimum absolute atomic E-state index is 0.0604. The number of amides is 1. The van der Waals surface area contributed by atoms with Crippen molar-refractivity contribution in [2.45, 2.75) is 38.5 Å². The van der Waals surface area contributed by atoms with Gasteiger partial charge in [-0.1, -0.05) is 35.4 Å². The van der Waals surface area contributed by atoms with E-state index >= 15 is 0 Å². The Kier molecular flexibility index (Phi) is 6.49. The van der Waals surface area contributed by atoms with E-state index in [0.29, 0.717) is 10.0 Å². The van der Waals surface area contributed by atoms with Crippen LogP contribution in [0.1, 0.15) is 29.5 Å². The van der Waals surface area contributed by atoms with Gasteiger partial charge in [-0.3, -0.25) is 4.79 Å². The third kappa shape index (κ3) is 5.52. The van der Waals surface area contributed by atoms with Crippen molar-refractivity contribution >= 4 is 32.2 Å². The minimum atomic E-state index is -3.38. The fourth-order valence-corrected chi connectivity index (χ4v) is 4.97. The molecule has 5 nitrogen and oxygen atoms in total. The molecule has 0 atom stereocenters. The van der Waals surface area contributed by atoms with Gasteiger partial charge in [0.05, 0.1) is 16.3 Å². The van der Waals surface area contributed by atoms with E-state index < -0.39 is 9.84 Å². The number of hydrogen-bond acceptors (Lipinski definition) is 5. The third-order valence-corrected chi connectivity index (χ3v) is 7.19. The number of nitrogens with one attached hydrogen (secondary N) is 1. The monoisotopic (exact) mass is 428 g/mol. The van der Waals surface area contributed by atoms with E-state index in [0.717, 1.165) is 27.9 Å². The molecule has 1 amide bonds. The zero-order chi connectivity index (χ0) is 21.0. The second-order valence-corrected chi connectivity index (χ2v) is 10.1. The number of nitrogens with zero attached hydrogens (tertiary/aromatic N) is 1. The molecule has 0 radical (unpaired) electrons. The molecule has 1 N–H and O–H groups in total. The van der Waals surface area contributed by atoms with E-state index in [1.165, 1.54) is 11.3 Å². The summed E-state index contributed by atoms with van der Waals surface area (Å²) in [5.74, 6) is -0.291. The predicted octanol–water partition coefficient (Wildman–Crippen LogP) is 4.93. The zero-order valence-electron chi connectivity index (χ0n) is 16.7. The largest absolute Gasteiger partial charge is 0.302 e. The van der Waals surface area contributed by atoms with E-state index in [2.05, 4.69) is 28.5 Å². The van der Waals surface area contributed by atoms with Crippen LogP contribution in [0.2, 0.25) is 0 Å². The molecule has 0 aliphatic rings. The molecule has 1 aromatic heterocycles. The molecule has 7 heteroatoms. The Balaban J connectivity index is 1.56. The molecule has 0 saturated carbocycles. The van der Waals surface area contributed by atoms with Crippen LogP contribution in [0.3, 0.4) is 0 Å². The molecule has 0 spiro atoms. The number of benzene rings is 2. The van der Waals surface area contributed by atoms with Crippen molar-refractivity contribution in [1.82, 2.24) is 4.98 Å². The van der Waals surface area contributed by atoms with Crippen molar-refractivity contribution in [3.05, 3.63) is 64.5 Å². The molecular weight excluding hydrogens is 404 g/mol. The van der Waals surface area contributed by atoms with E-state index in [1.54, 1.807) is 24.3 Å². The van der Waals surface area contributed by atoms with Gasteiger partial charge in [0.2, 0.25) is 5.91 Å². The van der Waals surface area contributed by atoms with Crippen LogP contribution in [0.25, 0.3) is 11.3 Å². The van der Waals surface area contributed by atoms with Gasteiger partial charge in [-0.05, 0) is 51.0 Å². The Morgan fingerprint density at radius 3 is 2.45 bits per heavy atom. The molecule has 2 aromatic carbocycles. The quantitative estimate of drug-likeness (QED) is 0.579. The number of sulfone groups is 1. The Bertz CT molecular complexity index is 1120. The highest BCUT2D eigenvalue weighted by Gasteiger charge is 2.15. The van der Waals surface area contributed by atoms with Crippen molar-refractivity contribution in [2.75, 3.05) is 11.1 Å². The number of rotatable bonds is 7. The van der Waals surface area contributed by atoms with Crippen molar-refractivity contribution < 1.29 is 13.2 Å². The molecule has 29 heavy (non-hydrogen) atoms. The van der Waals surface area contributed by atoms with E-state index in [1.807, 2.05) is 26.2 Å². The topological polar surface area (TPSA) is 76.1 Å². The highest BCUT2D eigenvalue weighted by molar-refractivity contribution is 7.91. The number of carbonyl (C=O) groups excluding carboxylic acids is 1. The first kappa shape index (κ1) is 21.2. The van der Waals surface area contributed by atoms with Gasteiger partial charge < -0.3 is 5.32 Å². The van der Waals surface area contributed by atoms with Gasteiger partial charge in [-0.15, -0.1) is 11.3 Å². The first-order valence-electron chi connectivity index (χ1n) is 9.37. The summed E-state index contributed by atoms with van der Waals surface area (Å²) in [6.45, 7) is 5.97. The summed E-state index contributed by atoms with van der Waals surface area (Å²) in [4.78, 5) is 17.0. The lowest BCUT2D eigenvalue weighted by molar-refractivity contribution is -0.116. The van der Waals surface area contributed by atoms with Crippen LogP contribution in [0, 0.1) is 20.8 Å². The van der Waals surface area contributed by atoms with Gasteiger partial charge in [0.15, 0.2) is 15.0 Å². The van der Waals surface area contributed by atoms with E-state index in [4.69, 9.17) is 0 Å². The first-order valence-corrected chi connectivity index (χ1v) is 11.9. The molecule has 3 rings (SSSR count). The summed E-state index contributed by atoms with van der Waals surface area (Å²) in [5.41, 5.74) is 5.16. The van der Waals surface area contributed by atoms with Crippen molar-refractivity contribution in [3.8, 4) is 11.3 Å². The van der Waals surface area contributed by atoms with E-state index in [-0.39, 0.29) is 24.5 Å². The molecule has 0 fully saturated rings. The normalized spacial score (nSPS) is 11.4. The number of thiazole rings is 1. The third-order valence-electron chi connectivity index (χ3n) is 4.62. The van der Waals surface area contributed by atoms with Gasteiger partial charge in [0.25, 0.3) is 0 Å². The summed E-state index contributed by atoms with van der Waals surface area (Å²) in [5, 5.41) is 5.21. The average Bonchev–Trinajstić information content (AvgIpc) is 3.12. The second-order valence-electron chi connectivity index (χ2n) is 7.14. The molecule has 0 aliphatic carbocycles. The van der Waals surface area contributed by atoms with Gasteiger partial charge in [-0.2, -0.15) is 0 Å². The molecule has 152 valence electrons. The van der Waals surface area contributed by atoms with Crippen LogP contribution in [-0.2, 0) is 14.6 Å². The van der Waals surface area contributed by atoms with Crippen molar-refractivity contribution in [1.29, 1.82) is 0 Å². The number of carbonyl (C=O) groups is 1. The SMILES string of the molecule is Cc1ccc(S(=O)(=O)CCCC(=O)Nc2nc(-c3cc(C)ccc3C)cs2)cc1. The highest BCUT2D eigenvalue weighted by atomic mass is 32.2. The second kappa shape index (κ2) is 8.88. The standard InChI is InChI=1S/C22H24N2O3S2/c1-15-7-10-18(11-8-15)29(26,27)12-4-5-21(25)24-22-23-20(14-28-22)19-13-16(2)6-9-17(19)3/h6-11,13-14H,4-5,12H2,1-3H3,(H,23,24,25). The highest BCUT2D eigenvalue weighted by Crippen LogP contribution is 2.28. The summed E-state index contributed by atoms with van der Waals surface area (Å²) >= 11 is 1.36. The molecular formula is C22H24N2O3S2. The molecule has 0 bridgehead atoms. The van der Waals surface area contributed by atoms with Crippen LogP contribution in [0.15, 0.2) is 52.7 Å². The first-order chi connectivity index (χ1) is 13.7. The van der Waals surface area contributed by atoms with Crippen LogP contribution in [0.4, 0.5) is 5.13 Å². The minimum Gasteiger partial charge on any atom is -0.302 e. The van der Waals surface area contributed by atoms with Crippen molar-refractivity contribution in [3.63, 3.8) is 0 Å². The van der Waals surface area contributed by atoms with Gasteiger partial charge in [0.1, 0.15) is 0 Å². The lowest BCUT2D eigenvalue weighted by atomic mass is 10.0. The maximum atomic E-state index is 12.4. The van der Waals surface area contributed by atoms with Gasteiger partial charge >= 0.3 is 0 Å². The number of hydrogen-bond donors (Lipinski definition) is 1. The summed E-state index contributed by atoms with van der Waals surface area (Å²) in [6.07, 6.45) is 0.390. The lowest BCUT2D eigenvalue weighted by Gasteiger charge is -2.05. The molecule has 1 heterocycles. The van der Waals surface area contributed by atoms with Gasteiger partial charge in [-0.25, -0.2) is 13.4 Å². The Hall–Kier alpha value is -2.51. The zero-order valence-corrected chi connectivity index (χ0v) is 18.4. The maximum absolute atomic E-state index is 12.4. The predicted molar refractivity (Wildman–Crippen MR) is 118 cm³/mol. The lowest BCUT2D eigenvalue weighted by Crippen LogP contribution is -2.14. The van der Waals surface area contributed by atoms with Crippen LogP contribution in [0.5, 0.6) is 0 Å². The summed E-state index contributed by atoms with van der Waals surface area (Å²) in [7, 11) is -3.38. The molecule has 0 unspecified atom stereocenters. The summed E-state index contributed by atoms with van der Waals surface area (Å²) < 4.78 is 24.7. The summed E-state index contributed by atoms with van der Waals surface area (Å²) in [6, 6.07) is 12.9. The number of aromatic nitrogens is 1. The van der Waals surface area contributed by atoms with Crippen LogP contribution >= 0.6 is 11.3 Å². The van der Waals surface area contributed by atoms with Gasteiger partial charge in [0, 0.05) is 17.4 Å². The number of aryl methyl sites for hydroxylation is 3. The fourth-order valence-electron chi connectivity index (χ4n) is 2.93. The van der Waals surface area contributed by atoms with Crippen LogP contribution in [-0.4, -0.2) is 25.1 Å². The smallest absolute Gasteiger partial charge is 0.226 e. The Morgan fingerprint density at radius 2 is 1.72 bits per heavy atom. The Labute approximate surface area is 175 Å². The fraction of sp³-hybridized carbons (Fsp3) is 0.273. The van der Waals surface area contributed by atoms with Crippen LogP contribution < -0.4 is 5.32 Å². The van der Waals surface area contributed by atoms with Crippen molar-refractivity contribution in [2.24, 2.45) is 0 Å². The molecule has 0 saturated heterocycles. The molecule has 3 aromatic rings. The van der Waals surface area contributed by atoms with E-state index in [9.17, 15) is 13.2 Å². The molecule has 0 aliphatic heterocycles. The maximum Gasteiger partial charge on any atom is 0.226 e. The Morgan fingerprint density at radius 1 is 1.03 bits per heavy atom. The average molecular weight is 429 g/mol.